The van der Waals surface area contributed by atoms with Gasteiger partial charge in [-0.15, -0.1) is 0 Å². The van der Waals surface area contributed by atoms with E-state index in [9.17, 15) is 18.0 Å². The van der Waals surface area contributed by atoms with Crippen molar-refractivity contribution in [2.24, 2.45) is 0 Å². The molecule has 1 N–H and O–H groups in total. The van der Waals surface area contributed by atoms with Crippen LogP contribution in [0.5, 0.6) is 5.75 Å². The van der Waals surface area contributed by atoms with Crippen LogP contribution in [0.3, 0.4) is 0 Å². The van der Waals surface area contributed by atoms with E-state index in [0.29, 0.717) is 46.1 Å². The van der Waals surface area contributed by atoms with Gasteiger partial charge in [0.05, 0.1) is 17.6 Å². The van der Waals surface area contributed by atoms with Gasteiger partial charge in [0.1, 0.15) is 18.1 Å². The Hall–Kier alpha value is -2.72. The van der Waals surface area contributed by atoms with Crippen molar-refractivity contribution in [2.45, 2.75) is 30.5 Å². The molecule has 1 aliphatic heterocycles. The van der Waals surface area contributed by atoms with Gasteiger partial charge in [0, 0.05) is 12.1 Å². The molecule has 4 rings (SSSR count). The van der Waals surface area contributed by atoms with E-state index in [2.05, 4.69) is 10.3 Å². The molecule has 0 aliphatic carbocycles. The fourth-order valence-corrected chi connectivity index (χ4v) is 3.95. The number of nitrogens with zero attached hydrogens (tertiary/aromatic N) is 2. The number of rotatable bonds is 7. The van der Waals surface area contributed by atoms with Gasteiger partial charge in [-0.1, -0.05) is 12.1 Å². The second kappa shape index (κ2) is 8.97. The van der Waals surface area contributed by atoms with Crippen LogP contribution in [-0.4, -0.2) is 34.6 Å². The number of amides is 1. The van der Waals surface area contributed by atoms with Gasteiger partial charge in [0.15, 0.2) is 11.9 Å². The van der Waals surface area contributed by atoms with E-state index in [1.807, 2.05) is 0 Å². The number of hydrogen-bond donors (Lipinski definition) is 1. The summed E-state index contributed by atoms with van der Waals surface area (Å²) in [4.78, 5) is 16.6. The molecule has 6 nitrogen and oxygen atoms in total. The van der Waals surface area contributed by atoms with E-state index in [1.54, 1.807) is 24.3 Å². The van der Waals surface area contributed by atoms with E-state index in [0.717, 1.165) is 0 Å². The molecule has 1 amide bonds. The average Bonchev–Trinajstić information content (AvgIpc) is 3.04. The second-order valence-electron chi connectivity index (χ2n) is 6.61. The highest BCUT2D eigenvalue weighted by Crippen LogP contribution is 2.30. The van der Waals surface area contributed by atoms with E-state index >= 15 is 0 Å². The molecule has 0 bridgehead atoms. The number of fused-ring (bicyclic) bond motifs is 2. The molecule has 0 fully saturated rings. The van der Waals surface area contributed by atoms with Gasteiger partial charge in [0.25, 0.3) is 5.76 Å². The number of thioether (sulfide) groups is 1. The Bertz CT molecular complexity index is 1070. The topological polar surface area (TPSA) is 65.4 Å². The Kier molecular flexibility index (Phi) is 6.14. The number of halogens is 3. The number of imidazole rings is 1. The van der Waals surface area contributed by atoms with Crippen molar-refractivity contribution in [1.29, 1.82) is 0 Å². The third kappa shape index (κ3) is 4.54. The minimum Gasteiger partial charge on any atom is -0.467 e. The smallest absolute Gasteiger partial charge is 0.291 e. The number of ether oxygens (including phenoxy) is 2. The fraction of sp³-hybridized carbons (Fsp3) is 0.300. The number of alkyl halides is 2. The molecule has 1 aromatic heterocycles. The summed E-state index contributed by atoms with van der Waals surface area (Å²) in [5.74, 6) is -2.83. The Labute approximate surface area is 174 Å². The number of aromatic nitrogens is 2. The first kappa shape index (κ1) is 20.5. The van der Waals surface area contributed by atoms with Crippen LogP contribution in [0.15, 0.2) is 41.6 Å². The van der Waals surface area contributed by atoms with E-state index in [-0.39, 0.29) is 37.6 Å². The maximum Gasteiger partial charge on any atom is 0.291 e. The van der Waals surface area contributed by atoms with E-state index < -0.39 is 11.6 Å². The van der Waals surface area contributed by atoms with E-state index in [1.165, 1.54) is 16.7 Å². The molecule has 0 radical (unpaired) electrons. The van der Waals surface area contributed by atoms with Crippen LogP contribution in [0.25, 0.3) is 11.0 Å². The predicted molar refractivity (Wildman–Crippen MR) is 105 cm³/mol. The maximum atomic E-state index is 13.8. The molecule has 158 valence electrons. The summed E-state index contributed by atoms with van der Waals surface area (Å²) in [5.41, 5.74) is 2.40. The third-order valence-electron chi connectivity index (χ3n) is 4.58. The summed E-state index contributed by atoms with van der Waals surface area (Å²) in [6.45, 7) is 0.449. The lowest BCUT2D eigenvalue weighted by atomic mass is 10.1. The van der Waals surface area contributed by atoms with Crippen molar-refractivity contribution in [3.8, 4) is 5.75 Å². The van der Waals surface area contributed by atoms with Crippen LogP contribution >= 0.6 is 11.8 Å². The Morgan fingerprint density at radius 1 is 1.30 bits per heavy atom. The van der Waals surface area contributed by atoms with Crippen LogP contribution in [0.1, 0.15) is 11.1 Å². The molecule has 0 saturated heterocycles. The normalized spacial score (nSPS) is 13.3. The number of nitrogens with one attached hydrogen (secondary N) is 1. The van der Waals surface area contributed by atoms with Gasteiger partial charge in [-0.2, -0.15) is 8.78 Å². The average molecular weight is 437 g/mol. The van der Waals surface area contributed by atoms with Crippen molar-refractivity contribution in [3.63, 3.8) is 0 Å². The zero-order valence-electron chi connectivity index (χ0n) is 15.7. The van der Waals surface area contributed by atoms with E-state index in [4.69, 9.17) is 9.47 Å². The highest BCUT2D eigenvalue weighted by molar-refractivity contribution is 7.99. The third-order valence-corrected chi connectivity index (χ3v) is 5.28. The van der Waals surface area contributed by atoms with Crippen molar-refractivity contribution >= 4 is 28.7 Å². The molecule has 3 aromatic rings. The van der Waals surface area contributed by atoms with Gasteiger partial charge in [-0.3, -0.25) is 4.79 Å². The van der Waals surface area contributed by atoms with Crippen molar-refractivity contribution < 1.29 is 27.4 Å². The number of carbonyl (C=O) groups excluding carboxylic acids is 1. The van der Waals surface area contributed by atoms with Crippen LogP contribution in [0.4, 0.5) is 13.2 Å². The predicted octanol–water partition coefficient (Wildman–Crippen LogP) is 3.72. The largest absolute Gasteiger partial charge is 0.467 e. The van der Waals surface area contributed by atoms with Gasteiger partial charge < -0.3 is 19.4 Å². The Morgan fingerprint density at radius 2 is 2.13 bits per heavy atom. The monoisotopic (exact) mass is 437 g/mol. The zero-order valence-corrected chi connectivity index (χ0v) is 16.6. The van der Waals surface area contributed by atoms with Crippen molar-refractivity contribution in [1.82, 2.24) is 14.9 Å². The first-order valence-corrected chi connectivity index (χ1v) is 10.1. The molecule has 0 atom stereocenters. The van der Waals surface area contributed by atoms with Gasteiger partial charge >= 0.3 is 0 Å². The SMILES string of the molecule is O=C(Cn1c(SC(F)F)nc2ccccc21)NCCc1cc(F)cc2c1OCOC2. The summed E-state index contributed by atoms with van der Waals surface area (Å²) in [7, 11) is 0. The summed E-state index contributed by atoms with van der Waals surface area (Å²) in [6, 6.07) is 9.68. The van der Waals surface area contributed by atoms with Crippen LogP contribution in [0, 0.1) is 5.82 Å². The first-order valence-electron chi connectivity index (χ1n) is 9.20. The molecule has 0 spiro atoms. The number of para-hydroxylation sites is 2. The molecule has 2 heterocycles. The molecule has 0 saturated carbocycles. The first-order chi connectivity index (χ1) is 14.5. The maximum absolute atomic E-state index is 13.8. The van der Waals surface area contributed by atoms with Gasteiger partial charge in [0.2, 0.25) is 5.91 Å². The number of carbonyl (C=O) groups is 1. The summed E-state index contributed by atoms with van der Waals surface area (Å²) < 4.78 is 51.7. The van der Waals surface area contributed by atoms with Crippen LogP contribution in [-0.2, 0) is 29.1 Å². The lowest BCUT2D eigenvalue weighted by Gasteiger charge is -2.21. The molecule has 30 heavy (non-hydrogen) atoms. The summed E-state index contributed by atoms with van der Waals surface area (Å²) in [6.07, 6.45) is 0.356. The van der Waals surface area contributed by atoms with Crippen LogP contribution < -0.4 is 10.1 Å². The molecule has 0 unspecified atom stereocenters. The molecule has 2 aromatic carbocycles. The summed E-state index contributed by atoms with van der Waals surface area (Å²) in [5, 5.41) is 2.83. The highest BCUT2D eigenvalue weighted by atomic mass is 32.2. The Morgan fingerprint density at radius 3 is 2.97 bits per heavy atom. The quantitative estimate of drug-likeness (QED) is 0.571. The molecule has 1 aliphatic rings. The van der Waals surface area contributed by atoms with Crippen molar-refractivity contribution in [2.75, 3.05) is 13.3 Å². The highest BCUT2D eigenvalue weighted by Gasteiger charge is 2.19. The zero-order chi connectivity index (χ0) is 21.1. The number of hydrogen-bond acceptors (Lipinski definition) is 5. The second-order valence-corrected chi connectivity index (χ2v) is 7.57. The standard InChI is InChI=1S/C20H18F3N3O3S/c21-14-7-12(18-13(8-14)10-28-11-29-18)5-6-24-17(27)9-26-16-4-2-1-3-15(16)25-20(26)30-19(22)23/h1-4,7-8,19H,5-6,9-11H2,(H,24,27). The van der Waals surface area contributed by atoms with Gasteiger partial charge in [-0.25, -0.2) is 9.37 Å². The molecule has 10 heteroatoms. The minimum atomic E-state index is -2.65. The van der Waals surface area contributed by atoms with Crippen molar-refractivity contribution in [3.05, 3.63) is 53.3 Å². The lowest BCUT2D eigenvalue weighted by molar-refractivity contribution is -0.121. The van der Waals surface area contributed by atoms with Crippen LogP contribution in [0.2, 0.25) is 0 Å². The molecular formula is C20H18F3N3O3S. The Balaban J connectivity index is 1.43. The fourth-order valence-electron chi connectivity index (χ4n) is 3.35. The van der Waals surface area contributed by atoms with Gasteiger partial charge in [-0.05, 0) is 48.0 Å². The molecular weight excluding hydrogens is 419 g/mol. The number of benzene rings is 2. The summed E-state index contributed by atoms with van der Waals surface area (Å²) >= 11 is 0.299. The minimum absolute atomic E-state index is 0.0777. The lowest BCUT2D eigenvalue weighted by Crippen LogP contribution is -2.30.